The molecule has 0 aromatic rings. The summed E-state index contributed by atoms with van der Waals surface area (Å²) in [4.78, 5) is 2.31. The van der Waals surface area contributed by atoms with Gasteiger partial charge in [0.05, 0.1) is 6.67 Å². The van der Waals surface area contributed by atoms with Crippen molar-refractivity contribution in [2.75, 3.05) is 13.7 Å². The molecule has 0 spiro atoms. The Morgan fingerprint density at radius 2 is 2.40 bits per heavy atom. The van der Waals surface area contributed by atoms with E-state index in [0.717, 1.165) is 12.6 Å². The molecule has 1 aliphatic carbocycles. The van der Waals surface area contributed by atoms with Crippen molar-refractivity contribution in [3.05, 3.63) is 23.5 Å². The number of nitrogens with zero attached hydrogens (tertiary/aromatic N) is 1. The van der Waals surface area contributed by atoms with Gasteiger partial charge in [-0.15, -0.1) is 0 Å². The largest absolute Gasteiger partial charge is 0.372 e. The SMILES string of the molecule is CCC1=CC(CC2=CNCN2C)CCC1. The van der Waals surface area contributed by atoms with Crippen LogP contribution in [0.4, 0.5) is 0 Å². The van der Waals surface area contributed by atoms with Gasteiger partial charge in [0.15, 0.2) is 0 Å². The van der Waals surface area contributed by atoms with Gasteiger partial charge in [0.25, 0.3) is 0 Å². The topological polar surface area (TPSA) is 15.3 Å². The molecular formula is C13H22N2. The lowest BCUT2D eigenvalue weighted by Crippen LogP contribution is -2.20. The van der Waals surface area contributed by atoms with E-state index < -0.39 is 0 Å². The molecule has 2 heteroatoms. The van der Waals surface area contributed by atoms with Crippen LogP contribution in [0.1, 0.15) is 39.0 Å². The Kier molecular flexibility index (Phi) is 3.34. The zero-order valence-electron chi connectivity index (χ0n) is 9.92. The molecule has 2 aliphatic rings. The summed E-state index contributed by atoms with van der Waals surface area (Å²) in [6.07, 6.45) is 11.2. The minimum absolute atomic E-state index is 0.780. The van der Waals surface area contributed by atoms with E-state index >= 15 is 0 Å². The predicted octanol–water partition coefficient (Wildman–Crippen LogP) is 2.85. The second-order valence-electron chi connectivity index (χ2n) is 4.73. The molecule has 0 saturated heterocycles. The van der Waals surface area contributed by atoms with Gasteiger partial charge in [-0.05, 0) is 38.0 Å². The van der Waals surface area contributed by atoms with Crippen molar-refractivity contribution in [1.82, 2.24) is 10.2 Å². The van der Waals surface area contributed by atoms with Crippen molar-refractivity contribution < 1.29 is 0 Å². The number of allylic oxidation sites excluding steroid dienone is 3. The highest BCUT2D eigenvalue weighted by Crippen LogP contribution is 2.30. The Morgan fingerprint density at radius 3 is 3.07 bits per heavy atom. The summed E-state index contributed by atoms with van der Waals surface area (Å²) in [5.41, 5.74) is 3.13. The average molecular weight is 206 g/mol. The van der Waals surface area contributed by atoms with E-state index in [1.165, 1.54) is 37.8 Å². The summed E-state index contributed by atoms with van der Waals surface area (Å²) in [5, 5.41) is 3.28. The molecule has 0 aromatic carbocycles. The molecule has 0 bridgehead atoms. The van der Waals surface area contributed by atoms with Gasteiger partial charge < -0.3 is 10.2 Å². The molecule has 1 heterocycles. The maximum absolute atomic E-state index is 3.28. The lowest BCUT2D eigenvalue weighted by atomic mass is 9.86. The summed E-state index contributed by atoms with van der Waals surface area (Å²) in [7, 11) is 2.17. The molecule has 15 heavy (non-hydrogen) atoms. The van der Waals surface area contributed by atoms with Crippen molar-refractivity contribution >= 4 is 0 Å². The first-order valence-electron chi connectivity index (χ1n) is 6.12. The van der Waals surface area contributed by atoms with Crippen LogP contribution in [0.15, 0.2) is 23.5 Å². The molecule has 1 unspecified atom stereocenters. The lowest BCUT2D eigenvalue weighted by molar-refractivity contribution is 0.396. The van der Waals surface area contributed by atoms with E-state index in [4.69, 9.17) is 0 Å². The molecule has 2 rings (SSSR count). The third kappa shape index (κ3) is 2.55. The summed E-state index contributed by atoms with van der Waals surface area (Å²) < 4.78 is 0. The maximum atomic E-state index is 3.28. The first-order chi connectivity index (χ1) is 7.29. The van der Waals surface area contributed by atoms with Crippen LogP contribution in [-0.4, -0.2) is 18.6 Å². The predicted molar refractivity (Wildman–Crippen MR) is 64.2 cm³/mol. The van der Waals surface area contributed by atoms with Crippen LogP contribution in [0.3, 0.4) is 0 Å². The van der Waals surface area contributed by atoms with Gasteiger partial charge in [-0.2, -0.15) is 0 Å². The molecule has 84 valence electrons. The molecule has 0 radical (unpaired) electrons. The van der Waals surface area contributed by atoms with E-state index in [0.29, 0.717) is 0 Å². The molecule has 0 aromatic heterocycles. The van der Waals surface area contributed by atoms with Gasteiger partial charge in [-0.3, -0.25) is 0 Å². The molecule has 1 N–H and O–H groups in total. The van der Waals surface area contributed by atoms with Crippen LogP contribution >= 0.6 is 0 Å². The zero-order valence-corrected chi connectivity index (χ0v) is 9.92. The third-order valence-corrected chi connectivity index (χ3v) is 3.56. The van der Waals surface area contributed by atoms with Crippen LogP contribution in [0, 0.1) is 5.92 Å². The van der Waals surface area contributed by atoms with Gasteiger partial charge in [0.1, 0.15) is 0 Å². The average Bonchev–Trinajstić information content (AvgIpc) is 2.65. The fourth-order valence-corrected chi connectivity index (χ4v) is 2.54. The van der Waals surface area contributed by atoms with E-state index in [2.05, 4.69) is 36.5 Å². The third-order valence-electron chi connectivity index (χ3n) is 3.56. The normalized spacial score (nSPS) is 26.0. The second kappa shape index (κ2) is 4.73. The van der Waals surface area contributed by atoms with Crippen molar-refractivity contribution in [2.24, 2.45) is 5.92 Å². The quantitative estimate of drug-likeness (QED) is 0.714. The first kappa shape index (κ1) is 10.6. The van der Waals surface area contributed by atoms with E-state index in [1.807, 2.05) is 0 Å². The molecule has 1 aliphatic heterocycles. The number of hydrogen-bond donors (Lipinski definition) is 1. The molecule has 0 amide bonds. The van der Waals surface area contributed by atoms with Crippen molar-refractivity contribution in [2.45, 2.75) is 39.0 Å². The fourth-order valence-electron chi connectivity index (χ4n) is 2.54. The van der Waals surface area contributed by atoms with Crippen LogP contribution in [0.25, 0.3) is 0 Å². The smallest absolute Gasteiger partial charge is 0.0866 e. The molecule has 0 saturated carbocycles. The standard InChI is InChI=1S/C13H22N2/c1-3-11-5-4-6-12(7-11)8-13-9-14-10-15(13)2/h7,9,12,14H,3-6,8,10H2,1-2H3. The van der Waals surface area contributed by atoms with Crippen molar-refractivity contribution in [3.63, 3.8) is 0 Å². The Balaban J connectivity index is 1.94. The highest BCUT2D eigenvalue weighted by atomic mass is 15.2. The summed E-state index contributed by atoms with van der Waals surface area (Å²) in [6, 6.07) is 0. The monoisotopic (exact) mass is 206 g/mol. The minimum Gasteiger partial charge on any atom is -0.372 e. The Hall–Kier alpha value is -0.920. The van der Waals surface area contributed by atoms with Gasteiger partial charge in [-0.1, -0.05) is 18.6 Å². The summed E-state index contributed by atoms with van der Waals surface area (Å²) >= 11 is 0. The highest BCUT2D eigenvalue weighted by molar-refractivity contribution is 5.13. The van der Waals surface area contributed by atoms with Gasteiger partial charge in [0, 0.05) is 18.9 Å². The van der Waals surface area contributed by atoms with Gasteiger partial charge in [-0.25, -0.2) is 0 Å². The summed E-state index contributed by atoms with van der Waals surface area (Å²) in [6.45, 7) is 3.25. The highest BCUT2D eigenvalue weighted by Gasteiger charge is 2.17. The zero-order chi connectivity index (χ0) is 10.7. The van der Waals surface area contributed by atoms with Crippen molar-refractivity contribution in [3.8, 4) is 0 Å². The van der Waals surface area contributed by atoms with Gasteiger partial charge >= 0.3 is 0 Å². The molecular weight excluding hydrogens is 184 g/mol. The number of rotatable bonds is 3. The fraction of sp³-hybridized carbons (Fsp3) is 0.692. The Labute approximate surface area is 93.0 Å². The molecule has 0 fully saturated rings. The second-order valence-corrected chi connectivity index (χ2v) is 4.73. The minimum atomic E-state index is 0.780. The van der Waals surface area contributed by atoms with Crippen LogP contribution in [-0.2, 0) is 0 Å². The van der Waals surface area contributed by atoms with E-state index in [-0.39, 0.29) is 0 Å². The van der Waals surface area contributed by atoms with E-state index in [9.17, 15) is 0 Å². The molecule has 2 nitrogen and oxygen atoms in total. The maximum Gasteiger partial charge on any atom is 0.0866 e. The number of nitrogens with one attached hydrogen (secondary N) is 1. The summed E-state index contributed by atoms with van der Waals surface area (Å²) in [5.74, 6) is 0.780. The van der Waals surface area contributed by atoms with Gasteiger partial charge in [0.2, 0.25) is 0 Å². The first-order valence-corrected chi connectivity index (χ1v) is 6.12. The lowest BCUT2D eigenvalue weighted by Gasteiger charge is -2.23. The van der Waals surface area contributed by atoms with Crippen LogP contribution in [0.5, 0.6) is 0 Å². The Bertz CT molecular complexity index is 278. The molecule has 1 atom stereocenters. The van der Waals surface area contributed by atoms with E-state index in [1.54, 1.807) is 5.57 Å². The van der Waals surface area contributed by atoms with Crippen LogP contribution < -0.4 is 5.32 Å². The van der Waals surface area contributed by atoms with Crippen molar-refractivity contribution in [1.29, 1.82) is 0 Å². The van der Waals surface area contributed by atoms with Crippen LogP contribution in [0.2, 0.25) is 0 Å². The Morgan fingerprint density at radius 1 is 1.53 bits per heavy atom. The number of hydrogen-bond acceptors (Lipinski definition) is 2.